The van der Waals surface area contributed by atoms with Crippen molar-refractivity contribution in [3.8, 4) is 11.5 Å². The second kappa shape index (κ2) is 7.70. The van der Waals surface area contributed by atoms with Gasteiger partial charge >= 0.3 is 5.97 Å². The monoisotopic (exact) mass is 343 g/mol. The lowest BCUT2D eigenvalue weighted by Crippen LogP contribution is -2.13. The van der Waals surface area contributed by atoms with Crippen LogP contribution in [0.1, 0.15) is 40.1 Å². The fraction of sp³-hybridized carbons (Fsp3) is 0.263. The number of carbonyl (C=O) groups excluding carboxylic acids is 1. The Balaban J connectivity index is 2.24. The molecule has 1 amide bonds. The van der Waals surface area contributed by atoms with Gasteiger partial charge in [0.15, 0.2) is 11.5 Å². The number of nitrogens with one attached hydrogen (secondary N) is 1. The highest BCUT2D eigenvalue weighted by molar-refractivity contribution is 6.05. The number of carboxylic acids is 1. The van der Waals surface area contributed by atoms with Crippen LogP contribution < -0.4 is 14.8 Å². The topological polar surface area (TPSA) is 84.9 Å². The van der Waals surface area contributed by atoms with E-state index in [1.165, 1.54) is 13.2 Å². The standard InChI is InChI=1S/C19H21NO5/c1-11(2)25-16-8-6-13(9-17(16)24-4)18(21)20-14-7-5-12(3)15(10-14)19(22)23/h5-11H,1-4H3,(H,20,21)(H,22,23). The molecular weight excluding hydrogens is 322 g/mol. The van der Waals surface area contributed by atoms with Gasteiger partial charge in [-0.25, -0.2) is 4.79 Å². The molecule has 2 rings (SSSR count). The Morgan fingerprint density at radius 3 is 2.40 bits per heavy atom. The predicted octanol–water partition coefficient (Wildman–Crippen LogP) is 3.74. The second-order valence-corrected chi connectivity index (χ2v) is 5.82. The number of aromatic carboxylic acids is 1. The molecule has 0 saturated heterocycles. The first-order valence-corrected chi connectivity index (χ1v) is 7.81. The maximum absolute atomic E-state index is 12.4. The average molecular weight is 343 g/mol. The van der Waals surface area contributed by atoms with Crippen LogP contribution in [0.5, 0.6) is 11.5 Å². The van der Waals surface area contributed by atoms with Crippen molar-refractivity contribution in [2.75, 3.05) is 12.4 Å². The molecule has 0 aromatic heterocycles. The number of benzene rings is 2. The molecule has 0 aliphatic carbocycles. The fourth-order valence-corrected chi connectivity index (χ4v) is 2.29. The summed E-state index contributed by atoms with van der Waals surface area (Å²) in [5, 5.41) is 11.9. The van der Waals surface area contributed by atoms with Crippen LogP contribution >= 0.6 is 0 Å². The molecule has 0 bridgehead atoms. The van der Waals surface area contributed by atoms with Crippen LogP contribution in [0, 0.1) is 6.92 Å². The van der Waals surface area contributed by atoms with E-state index < -0.39 is 5.97 Å². The Morgan fingerprint density at radius 2 is 1.80 bits per heavy atom. The molecule has 0 radical (unpaired) electrons. The van der Waals surface area contributed by atoms with Gasteiger partial charge in [0.05, 0.1) is 18.8 Å². The van der Waals surface area contributed by atoms with Crippen molar-refractivity contribution in [3.05, 3.63) is 53.1 Å². The quantitative estimate of drug-likeness (QED) is 0.834. The Hall–Kier alpha value is -3.02. The highest BCUT2D eigenvalue weighted by Gasteiger charge is 2.14. The summed E-state index contributed by atoms with van der Waals surface area (Å²) in [4.78, 5) is 23.6. The minimum Gasteiger partial charge on any atom is -0.493 e. The van der Waals surface area contributed by atoms with Gasteiger partial charge in [-0.15, -0.1) is 0 Å². The van der Waals surface area contributed by atoms with Gasteiger partial charge < -0.3 is 19.9 Å². The number of ether oxygens (including phenoxy) is 2. The zero-order chi connectivity index (χ0) is 18.6. The third-order valence-corrected chi connectivity index (χ3v) is 3.51. The van der Waals surface area contributed by atoms with Gasteiger partial charge in [-0.2, -0.15) is 0 Å². The first kappa shape index (κ1) is 18.3. The van der Waals surface area contributed by atoms with Crippen molar-refractivity contribution in [2.45, 2.75) is 26.9 Å². The minimum absolute atomic E-state index is 0.0180. The number of amides is 1. The number of carbonyl (C=O) groups is 2. The SMILES string of the molecule is COc1cc(C(=O)Nc2ccc(C)c(C(=O)O)c2)ccc1OC(C)C. The van der Waals surface area contributed by atoms with Crippen molar-refractivity contribution in [3.63, 3.8) is 0 Å². The number of methoxy groups -OCH3 is 1. The number of hydrogen-bond donors (Lipinski definition) is 2. The number of carboxylic acid groups (broad SMARTS) is 1. The van der Waals surface area contributed by atoms with Crippen LogP contribution in [0.25, 0.3) is 0 Å². The summed E-state index contributed by atoms with van der Waals surface area (Å²) in [6, 6.07) is 9.63. The van der Waals surface area contributed by atoms with Crippen LogP contribution in [0.3, 0.4) is 0 Å². The van der Waals surface area contributed by atoms with Gasteiger partial charge in [-0.05, 0) is 56.7 Å². The summed E-state index contributed by atoms with van der Waals surface area (Å²) in [7, 11) is 1.50. The summed E-state index contributed by atoms with van der Waals surface area (Å²) in [6.07, 6.45) is -0.0180. The van der Waals surface area contributed by atoms with Crippen LogP contribution in [-0.2, 0) is 0 Å². The summed E-state index contributed by atoms with van der Waals surface area (Å²) < 4.78 is 10.9. The smallest absolute Gasteiger partial charge is 0.336 e. The first-order valence-electron chi connectivity index (χ1n) is 7.81. The molecule has 2 aromatic rings. The number of aryl methyl sites for hydroxylation is 1. The van der Waals surface area contributed by atoms with Crippen LogP contribution in [0.15, 0.2) is 36.4 Å². The fourth-order valence-electron chi connectivity index (χ4n) is 2.29. The molecule has 0 atom stereocenters. The van der Waals surface area contributed by atoms with Gasteiger partial charge in [0.2, 0.25) is 0 Å². The van der Waals surface area contributed by atoms with E-state index in [1.54, 1.807) is 37.3 Å². The molecule has 0 spiro atoms. The summed E-state index contributed by atoms with van der Waals surface area (Å²) in [5.41, 5.74) is 1.57. The molecule has 6 heteroatoms. The lowest BCUT2D eigenvalue weighted by Gasteiger charge is -2.14. The Kier molecular flexibility index (Phi) is 5.64. The van der Waals surface area contributed by atoms with E-state index in [0.29, 0.717) is 28.3 Å². The van der Waals surface area contributed by atoms with Crippen LogP contribution in [0.2, 0.25) is 0 Å². The molecule has 0 aliphatic rings. The molecule has 0 aliphatic heterocycles. The van der Waals surface area contributed by atoms with E-state index in [1.807, 2.05) is 13.8 Å². The number of anilines is 1. The normalized spacial score (nSPS) is 10.4. The largest absolute Gasteiger partial charge is 0.493 e. The minimum atomic E-state index is -1.04. The van der Waals surface area contributed by atoms with E-state index in [0.717, 1.165) is 0 Å². The predicted molar refractivity (Wildman–Crippen MR) is 94.8 cm³/mol. The highest BCUT2D eigenvalue weighted by atomic mass is 16.5. The van der Waals surface area contributed by atoms with Gasteiger partial charge in [0, 0.05) is 11.3 Å². The van der Waals surface area contributed by atoms with Crippen LogP contribution in [0.4, 0.5) is 5.69 Å². The maximum Gasteiger partial charge on any atom is 0.336 e. The average Bonchev–Trinajstić information content (AvgIpc) is 2.56. The van der Waals surface area contributed by atoms with Crippen molar-refractivity contribution >= 4 is 17.6 Å². The maximum atomic E-state index is 12.4. The van der Waals surface area contributed by atoms with Gasteiger partial charge in [0.25, 0.3) is 5.91 Å². The number of hydrogen-bond acceptors (Lipinski definition) is 4. The zero-order valence-electron chi connectivity index (χ0n) is 14.6. The van der Waals surface area contributed by atoms with E-state index in [4.69, 9.17) is 14.6 Å². The molecule has 132 valence electrons. The summed E-state index contributed by atoms with van der Waals surface area (Å²) >= 11 is 0. The molecule has 0 saturated carbocycles. The molecule has 6 nitrogen and oxygen atoms in total. The van der Waals surface area contributed by atoms with E-state index in [2.05, 4.69) is 5.32 Å². The van der Waals surface area contributed by atoms with E-state index in [9.17, 15) is 9.59 Å². The molecule has 2 aromatic carbocycles. The Bertz CT molecular complexity index is 798. The third kappa shape index (κ3) is 4.50. The lowest BCUT2D eigenvalue weighted by molar-refractivity contribution is 0.0695. The molecule has 25 heavy (non-hydrogen) atoms. The van der Waals surface area contributed by atoms with Crippen molar-refractivity contribution < 1.29 is 24.2 Å². The summed E-state index contributed by atoms with van der Waals surface area (Å²) in [6.45, 7) is 5.50. The van der Waals surface area contributed by atoms with Gasteiger partial charge in [-0.1, -0.05) is 6.07 Å². The third-order valence-electron chi connectivity index (χ3n) is 3.51. The zero-order valence-corrected chi connectivity index (χ0v) is 14.6. The van der Waals surface area contributed by atoms with Crippen LogP contribution in [-0.4, -0.2) is 30.2 Å². The molecular formula is C19H21NO5. The van der Waals surface area contributed by atoms with Crippen molar-refractivity contribution in [1.29, 1.82) is 0 Å². The van der Waals surface area contributed by atoms with Gasteiger partial charge in [0.1, 0.15) is 0 Å². The Labute approximate surface area is 146 Å². The highest BCUT2D eigenvalue weighted by Crippen LogP contribution is 2.29. The van der Waals surface area contributed by atoms with E-state index in [-0.39, 0.29) is 17.6 Å². The Morgan fingerprint density at radius 1 is 1.08 bits per heavy atom. The van der Waals surface area contributed by atoms with E-state index >= 15 is 0 Å². The van der Waals surface area contributed by atoms with Crippen molar-refractivity contribution in [2.24, 2.45) is 0 Å². The molecule has 0 unspecified atom stereocenters. The molecule has 0 heterocycles. The summed E-state index contributed by atoms with van der Waals surface area (Å²) in [5.74, 6) is -0.394. The second-order valence-electron chi connectivity index (χ2n) is 5.82. The molecule has 0 fully saturated rings. The number of rotatable bonds is 6. The molecule has 2 N–H and O–H groups in total. The first-order chi connectivity index (χ1) is 11.8. The van der Waals surface area contributed by atoms with Gasteiger partial charge in [-0.3, -0.25) is 4.79 Å². The lowest BCUT2D eigenvalue weighted by atomic mass is 10.1. The van der Waals surface area contributed by atoms with Crippen molar-refractivity contribution in [1.82, 2.24) is 0 Å².